The Morgan fingerprint density at radius 3 is 2.25 bits per heavy atom. The van der Waals surface area contributed by atoms with Crippen molar-refractivity contribution in [1.82, 2.24) is 9.37 Å². The van der Waals surface area contributed by atoms with E-state index in [0.717, 1.165) is 5.69 Å². The molecule has 2 aliphatic heterocycles. The molecule has 0 radical (unpaired) electrons. The highest BCUT2D eigenvalue weighted by Gasteiger charge is 2.39. The first-order chi connectivity index (χ1) is 13.0. The Morgan fingerprint density at radius 1 is 1.07 bits per heavy atom. The van der Waals surface area contributed by atoms with Crippen LogP contribution in [0.1, 0.15) is 27.2 Å². The molecule has 0 saturated carbocycles. The number of carbonyl (C=O) groups is 1. The Labute approximate surface area is 166 Å². The average Bonchev–Trinajstić information content (AvgIpc) is 2.94. The highest BCUT2D eigenvalue weighted by Crippen LogP contribution is 2.25. The molecular formula is C19H28FN3O4S. The maximum absolute atomic E-state index is 13.1. The molecule has 28 heavy (non-hydrogen) atoms. The molecule has 0 spiro atoms. The van der Waals surface area contributed by atoms with E-state index in [1.807, 2.05) is 25.7 Å². The Kier molecular flexibility index (Phi) is 5.97. The van der Waals surface area contributed by atoms with Crippen molar-refractivity contribution in [2.45, 2.75) is 32.8 Å². The summed E-state index contributed by atoms with van der Waals surface area (Å²) in [7, 11) is -3.54. The quantitative estimate of drug-likeness (QED) is 0.737. The first-order valence-corrected chi connectivity index (χ1v) is 11.1. The summed E-state index contributed by atoms with van der Waals surface area (Å²) in [5.41, 5.74) is 0.375. The van der Waals surface area contributed by atoms with Gasteiger partial charge >= 0.3 is 0 Å². The molecule has 3 rings (SSSR count). The summed E-state index contributed by atoms with van der Waals surface area (Å²) >= 11 is 0. The van der Waals surface area contributed by atoms with Gasteiger partial charge in [-0.25, -0.2) is 17.9 Å². The predicted molar refractivity (Wildman–Crippen MR) is 105 cm³/mol. The number of amides is 1. The summed E-state index contributed by atoms with van der Waals surface area (Å²) in [6.45, 7) is 7.73. The third kappa shape index (κ3) is 5.01. The highest BCUT2D eigenvalue weighted by atomic mass is 32.2. The molecule has 2 fully saturated rings. The number of piperazine rings is 1. The second kappa shape index (κ2) is 7.96. The molecule has 0 bridgehead atoms. The van der Waals surface area contributed by atoms with E-state index in [-0.39, 0.29) is 17.5 Å². The van der Waals surface area contributed by atoms with Crippen LogP contribution in [-0.4, -0.2) is 67.8 Å². The summed E-state index contributed by atoms with van der Waals surface area (Å²) < 4.78 is 40.1. The number of hydrogen-bond acceptors (Lipinski definition) is 5. The number of hydrogen-bond donors (Lipinski definition) is 0. The summed E-state index contributed by atoms with van der Waals surface area (Å²) in [6.07, 6.45) is 0.476. The van der Waals surface area contributed by atoms with Crippen LogP contribution in [0.5, 0.6) is 0 Å². The number of benzene rings is 1. The van der Waals surface area contributed by atoms with Gasteiger partial charge in [0.05, 0.1) is 17.3 Å². The Bertz CT molecular complexity index is 799. The van der Waals surface area contributed by atoms with Crippen LogP contribution in [0.25, 0.3) is 0 Å². The van der Waals surface area contributed by atoms with Gasteiger partial charge in [0.15, 0.2) is 0 Å². The van der Waals surface area contributed by atoms with E-state index >= 15 is 0 Å². The molecule has 9 heteroatoms. The number of halogens is 1. The lowest BCUT2D eigenvalue weighted by atomic mass is 10.1. The second-order valence-electron chi connectivity index (χ2n) is 8.27. The summed E-state index contributed by atoms with van der Waals surface area (Å²) in [5.74, 6) is -1.31. The first-order valence-electron chi connectivity index (χ1n) is 9.54. The number of anilines is 1. The van der Waals surface area contributed by atoms with Gasteiger partial charge in [-0.2, -0.15) is 4.31 Å². The van der Waals surface area contributed by atoms with E-state index in [0.29, 0.717) is 39.1 Å². The maximum Gasteiger partial charge on any atom is 0.250 e. The van der Waals surface area contributed by atoms with Crippen molar-refractivity contribution >= 4 is 21.6 Å². The maximum atomic E-state index is 13.1. The Balaban J connectivity index is 1.56. The van der Waals surface area contributed by atoms with Crippen LogP contribution in [0.3, 0.4) is 0 Å². The Morgan fingerprint density at radius 2 is 1.68 bits per heavy atom. The SMILES string of the molecule is CC(C)(C)ON1CCC(CS(=O)(=O)N2CCN(c3ccc(F)cc3)CC2)C1=O. The lowest BCUT2D eigenvalue weighted by Gasteiger charge is -2.35. The van der Waals surface area contributed by atoms with E-state index in [1.165, 1.54) is 21.5 Å². The standard InChI is InChI=1S/C19H28FN3O4S/c1-19(2,3)27-23-9-8-15(18(23)24)14-28(25,26)22-12-10-21(11-13-22)17-6-4-16(20)5-7-17/h4-7,15H,8-14H2,1-3H3. The molecular weight excluding hydrogens is 385 g/mol. The molecule has 1 aromatic carbocycles. The summed E-state index contributed by atoms with van der Waals surface area (Å²) in [4.78, 5) is 20.1. The molecule has 2 saturated heterocycles. The van der Waals surface area contributed by atoms with Gasteiger partial charge in [0.25, 0.3) is 0 Å². The van der Waals surface area contributed by atoms with Crippen molar-refractivity contribution in [2.24, 2.45) is 5.92 Å². The summed E-state index contributed by atoms with van der Waals surface area (Å²) in [5, 5.41) is 1.30. The smallest absolute Gasteiger partial charge is 0.250 e. The van der Waals surface area contributed by atoms with Gasteiger partial charge in [-0.3, -0.25) is 9.63 Å². The Hall–Kier alpha value is -1.71. The molecule has 156 valence electrons. The third-order valence-corrected chi connectivity index (χ3v) is 6.87. The van der Waals surface area contributed by atoms with E-state index in [9.17, 15) is 17.6 Å². The van der Waals surface area contributed by atoms with Crippen LogP contribution in [0.15, 0.2) is 24.3 Å². The van der Waals surface area contributed by atoms with Crippen molar-refractivity contribution in [1.29, 1.82) is 0 Å². The first kappa shape index (κ1) is 21.0. The molecule has 1 atom stereocenters. The van der Waals surface area contributed by atoms with Crippen LogP contribution in [0, 0.1) is 11.7 Å². The molecule has 2 aliphatic rings. The second-order valence-corrected chi connectivity index (χ2v) is 10.3. The monoisotopic (exact) mass is 413 g/mol. The molecule has 7 nitrogen and oxygen atoms in total. The van der Waals surface area contributed by atoms with Gasteiger partial charge in [0.2, 0.25) is 15.9 Å². The van der Waals surface area contributed by atoms with Gasteiger partial charge in [-0.15, -0.1) is 0 Å². The summed E-state index contributed by atoms with van der Waals surface area (Å²) in [6, 6.07) is 6.19. The minimum Gasteiger partial charge on any atom is -0.369 e. The number of rotatable bonds is 5. The van der Waals surface area contributed by atoms with Gasteiger partial charge in [-0.05, 0) is 51.5 Å². The fourth-order valence-corrected chi connectivity index (χ4v) is 5.27. The number of hydroxylamine groups is 2. The molecule has 1 amide bonds. The lowest BCUT2D eigenvalue weighted by molar-refractivity contribution is -0.219. The topological polar surface area (TPSA) is 70.2 Å². The number of nitrogens with zero attached hydrogens (tertiary/aromatic N) is 3. The van der Waals surface area contributed by atoms with Crippen molar-refractivity contribution in [2.75, 3.05) is 43.4 Å². The molecule has 1 unspecified atom stereocenters. The van der Waals surface area contributed by atoms with Crippen LogP contribution >= 0.6 is 0 Å². The van der Waals surface area contributed by atoms with E-state index in [1.54, 1.807) is 12.1 Å². The average molecular weight is 414 g/mol. The predicted octanol–water partition coefficient (Wildman–Crippen LogP) is 1.86. The molecule has 0 aromatic heterocycles. The van der Waals surface area contributed by atoms with Crippen molar-refractivity contribution in [3.05, 3.63) is 30.1 Å². The van der Waals surface area contributed by atoms with Gasteiger partial charge < -0.3 is 4.90 Å². The van der Waals surface area contributed by atoms with Gasteiger partial charge in [0.1, 0.15) is 5.82 Å². The van der Waals surface area contributed by atoms with Crippen LogP contribution in [0.2, 0.25) is 0 Å². The van der Waals surface area contributed by atoms with Gasteiger partial charge in [-0.1, -0.05) is 0 Å². The zero-order chi connectivity index (χ0) is 20.5. The lowest BCUT2D eigenvalue weighted by Crippen LogP contribution is -2.50. The van der Waals surface area contributed by atoms with Crippen LogP contribution < -0.4 is 4.90 Å². The van der Waals surface area contributed by atoms with Crippen molar-refractivity contribution in [3.8, 4) is 0 Å². The van der Waals surface area contributed by atoms with Crippen molar-refractivity contribution in [3.63, 3.8) is 0 Å². The minimum atomic E-state index is -3.54. The molecule has 0 N–H and O–H groups in total. The van der Waals surface area contributed by atoms with E-state index in [2.05, 4.69) is 0 Å². The van der Waals surface area contributed by atoms with E-state index < -0.39 is 21.5 Å². The zero-order valence-corrected chi connectivity index (χ0v) is 17.4. The van der Waals surface area contributed by atoms with Gasteiger partial charge in [0, 0.05) is 38.4 Å². The van der Waals surface area contributed by atoms with E-state index in [4.69, 9.17) is 4.84 Å². The zero-order valence-electron chi connectivity index (χ0n) is 16.6. The molecule has 2 heterocycles. The van der Waals surface area contributed by atoms with Crippen LogP contribution in [-0.2, 0) is 19.7 Å². The normalized spacial score (nSPS) is 22.1. The van der Waals surface area contributed by atoms with Crippen LogP contribution in [0.4, 0.5) is 10.1 Å². The van der Waals surface area contributed by atoms with Crippen molar-refractivity contribution < 1.29 is 22.4 Å². The fraction of sp³-hybridized carbons (Fsp3) is 0.632. The largest absolute Gasteiger partial charge is 0.369 e. The molecule has 1 aromatic rings. The minimum absolute atomic E-state index is 0.188. The fourth-order valence-electron chi connectivity index (χ4n) is 3.52. The molecule has 0 aliphatic carbocycles. The number of sulfonamides is 1. The highest BCUT2D eigenvalue weighted by molar-refractivity contribution is 7.89. The third-order valence-electron chi connectivity index (χ3n) is 4.90. The number of carbonyl (C=O) groups excluding carboxylic acids is 1.